The van der Waals surface area contributed by atoms with E-state index in [0.717, 1.165) is 18.3 Å². The van der Waals surface area contributed by atoms with E-state index in [-0.39, 0.29) is 18.0 Å². The van der Waals surface area contributed by atoms with Gasteiger partial charge >= 0.3 is 6.18 Å². The summed E-state index contributed by atoms with van der Waals surface area (Å²) in [5.74, 6) is 1.12. The highest BCUT2D eigenvalue weighted by Crippen LogP contribution is 2.30. The fourth-order valence-corrected chi connectivity index (χ4v) is 2.19. The van der Waals surface area contributed by atoms with Crippen molar-refractivity contribution in [2.24, 2.45) is 5.16 Å². The van der Waals surface area contributed by atoms with Crippen LogP contribution in [0.3, 0.4) is 0 Å². The van der Waals surface area contributed by atoms with Crippen LogP contribution in [0.15, 0.2) is 35.5 Å². The molecule has 0 aliphatic heterocycles. The third-order valence-corrected chi connectivity index (χ3v) is 3.30. The number of aryl methyl sites for hydroxylation is 1. The molecule has 1 aromatic heterocycles. The summed E-state index contributed by atoms with van der Waals surface area (Å²) >= 11 is 0. The maximum atomic E-state index is 12.8. The van der Waals surface area contributed by atoms with Gasteiger partial charge in [-0.25, -0.2) is 0 Å². The van der Waals surface area contributed by atoms with Gasteiger partial charge in [0.1, 0.15) is 18.1 Å². The van der Waals surface area contributed by atoms with Crippen LogP contribution >= 0.6 is 0 Å². The molecule has 0 aliphatic carbocycles. The van der Waals surface area contributed by atoms with Crippen molar-refractivity contribution in [3.8, 4) is 11.5 Å². The minimum Gasteiger partial charge on any atom is -0.496 e. The van der Waals surface area contributed by atoms with E-state index >= 15 is 0 Å². The van der Waals surface area contributed by atoms with E-state index in [1.165, 1.54) is 21.1 Å². The van der Waals surface area contributed by atoms with Gasteiger partial charge in [0.25, 0.3) is 0 Å². The number of rotatable bonds is 6. The van der Waals surface area contributed by atoms with E-state index in [2.05, 4.69) is 10.1 Å². The summed E-state index contributed by atoms with van der Waals surface area (Å²) in [5, 5.41) is 3.69. The fraction of sp³-hybridized carbons (Fsp3) is 0.294. The predicted molar refractivity (Wildman–Crippen MR) is 85.9 cm³/mol. The maximum Gasteiger partial charge on any atom is 0.416 e. The topological polar surface area (TPSA) is 52.9 Å². The number of halogens is 3. The van der Waals surface area contributed by atoms with Crippen LogP contribution in [0.4, 0.5) is 13.2 Å². The van der Waals surface area contributed by atoms with Gasteiger partial charge in [0.15, 0.2) is 0 Å². The molecule has 8 heteroatoms. The van der Waals surface area contributed by atoms with E-state index in [0.29, 0.717) is 17.1 Å². The van der Waals surface area contributed by atoms with Crippen molar-refractivity contribution in [1.29, 1.82) is 0 Å². The molecule has 0 saturated heterocycles. The Morgan fingerprint density at radius 1 is 1.12 bits per heavy atom. The summed E-state index contributed by atoms with van der Waals surface area (Å²) in [5.41, 5.74) is 0.146. The molecule has 25 heavy (non-hydrogen) atoms. The number of benzene rings is 1. The molecule has 0 unspecified atom stereocenters. The third-order valence-electron chi connectivity index (χ3n) is 3.30. The number of nitrogens with zero attached hydrogens (tertiary/aromatic N) is 2. The maximum absolute atomic E-state index is 12.8. The lowest BCUT2D eigenvalue weighted by Gasteiger charge is -2.11. The summed E-state index contributed by atoms with van der Waals surface area (Å²) in [6.45, 7) is 1.51. The molecule has 0 bridgehead atoms. The summed E-state index contributed by atoms with van der Waals surface area (Å²) < 4.78 is 48.8. The lowest BCUT2D eigenvalue weighted by Crippen LogP contribution is -2.07. The van der Waals surface area contributed by atoms with Crippen LogP contribution in [0.5, 0.6) is 11.5 Å². The minimum absolute atomic E-state index is 0.0294. The van der Waals surface area contributed by atoms with Gasteiger partial charge in [0, 0.05) is 5.69 Å². The van der Waals surface area contributed by atoms with Crippen LogP contribution in [0.25, 0.3) is 0 Å². The second-order valence-electron chi connectivity index (χ2n) is 5.07. The minimum atomic E-state index is -4.44. The van der Waals surface area contributed by atoms with Crippen LogP contribution in [-0.4, -0.2) is 25.4 Å². The van der Waals surface area contributed by atoms with Crippen molar-refractivity contribution >= 4 is 6.21 Å². The van der Waals surface area contributed by atoms with Gasteiger partial charge in [-0.1, -0.05) is 11.2 Å². The summed E-state index contributed by atoms with van der Waals surface area (Å²) in [7, 11) is 3.02. The largest absolute Gasteiger partial charge is 0.496 e. The van der Waals surface area contributed by atoms with Gasteiger partial charge in [0.2, 0.25) is 0 Å². The zero-order chi connectivity index (χ0) is 18.4. The van der Waals surface area contributed by atoms with E-state index in [4.69, 9.17) is 14.3 Å². The Hall–Kier alpha value is -2.77. The Balaban J connectivity index is 2.12. The molecule has 134 valence electrons. The number of aromatic nitrogens is 1. The van der Waals surface area contributed by atoms with Crippen molar-refractivity contribution in [3.05, 3.63) is 52.8 Å². The number of pyridine rings is 1. The Kier molecular flexibility index (Phi) is 5.84. The van der Waals surface area contributed by atoms with Crippen molar-refractivity contribution in [2.45, 2.75) is 19.7 Å². The number of hydrogen-bond acceptors (Lipinski definition) is 5. The molecule has 1 heterocycles. The molecule has 2 rings (SSSR count). The smallest absolute Gasteiger partial charge is 0.416 e. The van der Waals surface area contributed by atoms with E-state index in [1.807, 2.05) is 0 Å². The highest BCUT2D eigenvalue weighted by Gasteiger charge is 2.31. The molecule has 0 spiro atoms. The lowest BCUT2D eigenvalue weighted by atomic mass is 10.2. The lowest BCUT2D eigenvalue weighted by molar-refractivity contribution is -0.137. The van der Waals surface area contributed by atoms with E-state index in [1.54, 1.807) is 18.2 Å². The van der Waals surface area contributed by atoms with E-state index in [9.17, 15) is 13.2 Å². The molecule has 2 aromatic rings. The molecular weight excluding hydrogens is 337 g/mol. The molecule has 0 radical (unpaired) electrons. The molecule has 0 amide bonds. The van der Waals surface area contributed by atoms with Crippen LogP contribution in [0.2, 0.25) is 0 Å². The van der Waals surface area contributed by atoms with Crippen molar-refractivity contribution < 1.29 is 27.5 Å². The molecule has 0 aliphatic rings. The molecule has 0 atom stereocenters. The fourth-order valence-electron chi connectivity index (χ4n) is 2.19. The van der Waals surface area contributed by atoms with Crippen molar-refractivity contribution in [2.75, 3.05) is 14.2 Å². The Labute approximate surface area is 143 Å². The number of alkyl halides is 3. The van der Waals surface area contributed by atoms with E-state index < -0.39 is 11.7 Å². The van der Waals surface area contributed by atoms with Gasteiger partial charge in [-0.15, -0.1) is 0 Å². The highest BCUT2D eigenvalue weighted by molar-refractivity contribution is 5.76. The SMILES string of the molecule is COc1cccc(OC)c1CON=Cc1cc(C(F)(F)F)cc(C)n1. The average molecular weight is 354 g/mol. The number of oxime groups is 1. The first-order chi connectivity index (χ1) is 11.8. The van der Waals surface area contributed by atoms with Crippen molar-refractivity contribution in [3.63, 3.8) is 0 Å². The predicted octanol–water partition coefficient (Wildman–Crippen LogP) is 3.98. The molecule has 0 fully saturated rings. The van der Waals surface area contributed by atoms with Gasteiger partial charge < -0.3 is 14.3 Å². The average Bonchev–Trinajstić information content (AvgIpc) is 2.57. The highest BCUT2D eigenvalue weighted by atomic mass is 19.4. The second-order valence-corrected chi connectivity index (χ2v) is 5.07. The van der Waals surface area contributed by atoms with Crippen LogP contribution in [-0.2, 0) is 17.6 Å². The van der Waals surface area contributed by atoms with Gasteiger partial charge in [-0.05, 0) is 31.2 Å². The Bertz CT molecular complexity index is 739. The van der Waals surface area contributed by atoms with Crippen LogP contribution in [0, 0.1) is 6.92 Å². The molecule has 5 nitrogen and oxygen atoms in total. The Morgan fingerprint density at radius 3 is 2.32 bits per heavy atom. The van der Waals surface area contributed by atoms with Crippen LogP contribution < -0.4 is 9.47 Å². The van der Waals surface area contributed by atoms with Gasteiger partial charge in [-0.3, -0.25) is 4.98 Å². The monoisotopic (exact) mass is 354 g/mol. The molecule has 1 aromatic carbocycles. The summed E-state index contributed by atoms with van der Waals surface area (Å²) in [6.07, 6.45) is -3.31. The third kappa shape index (κ3) is 4.85. The molecule has 0 N–H and O–H groups in total. The molecular formula is C17H17F3N2O3. The summed E-state index contributed by atoms with van der Waals surface area (Å²) in [4.78, 5) is 9.14. The van der Waals surface area contributed by atoms with Gasteiger partial charge in [0.05, 0.1) is 37.3 Å². The quantitative estimate of drug-likeness (QED) is 0.582. The van der Waals surface area contributed by atoms with Crippen LogP contribution in [0.1, 0.15) is 22.5 Å². The second kappa shape index (κ2) is 7.87. The standard InChI is InChI=1S/C17H17F3N2O3/c1-11-7-12(17(18,19)20)8-13(22-11)9-21-25-10-14-15(23-2)5-4-6-16(14)24-3/h4-9H,10H2,1-3H3. The van der Waals surface area contributed by atoms with Gasteiger partial charge in [-0.2, -0.15) is 13.2 Å². The summed E-state index contributed by atoms with van der Waals surface area (Å²) in [6, 6.07) is 7.12. The first-order valence-corrected chi connectivity index (χ1v) is 7.26. The number of ether oxygens (including phenoxy) is 2. The zero-order valence-electron chi connectivity index (χ0n) is 13.9. The Morgan fingerprint density at radius 2 is 1.76 bits per heavy atom. The van der Waals surface area contributed by atoms with Crippen molar-refractivity contribution in [1.82, 2.24) is 4.98 Å². The molecule has 0 saturated carbocycles. The first-order valence-electron chi connectivity index (χ1n) is 7.26. The normalized spacial score (nSPS) is 11.6. The zero-order valence-corrected chi connectivity index (χ0v) is 13.9. The number of methoxy groups -OCH3 is 2. The number of hydrogen-bond donors (Lipinski definition) is 0. The first kappa shape index (κ1) is 18.6.